The Morgan fingerprint density at radius 3 is 2.08 bits per heavy atom. The maximum absolute atomic E-state index is 13.7. The van der Waals surface area contributed by atoms with Crippen LogP contribution < -0.4 is 10.1 Å². The minimum atomic E-state index is -2.13. The van der Waals surface area contributed by atoms with E-state index in [1.165, 1.54) is 0 Å². The fourth-order valence-corrected chi connectivity index (χ4v) is 4.43. The number of amides is 2. The van der Waals surface area contributed by atoms with E-state index in [9.17, 15) is 19.2 Å². The van der Waals surface area contributed by atoms with Crippen LogP contribution >= 0.6 is 0 Å². The number of nitrogens with one attached hydrogen (secondary N) is 1. The molecule has 39 heavy (non-hydrogen) atoms. The van der Waals surface area contributed by atoms with Crippen LogP contribution in [0, 0.1) is 0 Å². The molecule has 5 rings (SSSR count). The molecule has 0 aromatic heterocycles. The molecule has 1 N–H and O–H groups in total. The van der Waals surface area contributed by atoms with E-state index in [1.807, 2.05) is 42.5 Å². The van der Waals surface area contributed by atoms with Gasteiger partial charge in [0, 0.05) is 6.42 Å². The summed E-state index contributed by atoms with van der Waals surface area (Å²) in [5, 5.41) is 3.26. The molecule has 0 radical (unpaired) electrons. The fourth-order valence-electron chi connectivity index (χ4n) is 4.43. The minimum Gasteiger partial charge on any atom is -0.484 e. The number of hydroxylamine groups is 2. The second-order valence-corrected chi connectivity index (χ2v) is 9.02. The number of para-hydroxylation sites is 1. The average Bonchev–Trinajstić information content (AvgIpc) is 3.54. The monoisotopic (exact) mass is 530 g/mol. The van der Waals surface area contributed by atoms with Gasteiger partial charge in [-0.25, -0.2) is 4.79 Å². The third-order valence-electron chi connectivity index (χ3n) is 6.34. The number of carbonyl (C=O) groups excluding carboxylic acids is 4. The Morgan fingerprint density at radius 2 is 1.51 bits per heavy atom. The number of carbonyl (C=O) groups is 4. The predicted octanol–water partition coefficient (Wildman–Crippen LogP) is 2.69. The number of rotatable bonds is 9. The molecule has 2 fully saturated rings. The molecule has 2 saturated heterocycles. The lowest BCUT2D eigenvalue weighted by Crippen LogP contribution is -2.57. The smallest absolute Gasteiger partial charge is 0.376 e. The van der Waals surface area contributed by atoms with Crippen molar-refractivity contribution in [2.45, 2.75) is 30.7 Å². The summed E-state index contributed by atoms with van der Waals surface area (Å²) in [5.41, 5.74) is -0.752. The van der Waals surface area contributed by atoms with Gasteiger partial charge in [-0.3, -0.25) is 19.2 Å². The summed E-state index contributed by atoms with van der Waals surface area (Å²) in [6.07, 6.45) is -1.12. The number of esters is 2. The normalized spacial score (nSPS) is 20.5. The van der Waals surface area contributed by atoms with Crippen LogP contribution in [0.2, 0.25) is 0 Å². The maximum Gasteiger partial charge on any atom is 0.376 e. The van der Waals surface area contributed by atoms with E-state index in [1.54, 1.807) is 48.5 Å². The molecule has 3 aromatic carbocycles. The first-order valence-corrected chi connectivity index (χ1v) is 12.4. The van der Waals surface area contributed by atoms with Gasteiger partial charge >= 0.3 is 17.7 Å². The molecule has 2 atom stereocenters. The van der Waals surface area contributed by atoms with E-state index in [0.29, 0.717) is 16.9 Å². The second kappa shape index (κ2) is 11.4. The zero-order chi connectivity index (χ0) is 27.2. The van der Waals surface area contributed by atoms with Gasteiger partial charge in [0.2, 0.25) is 0 Å². The van der Waals surface area contributed by atoms with E-state index in [4.69, 9.17) is 19.0 Å². The Bertz CT molecular complexity index is 1300. The topological polar surface area (TPSA) is 120 Å². The van der Waals surface area contributed by atoms with E-state index in [0.717, 1.165) is 5.06 Å². The predicted molar refractivity (Wildman–Crippen MR) is 136 cm³/mol. The zero-order valence-electron chi connectivity index (χ0n) is 20.9. The van der Waals surface area contributed by atoms with Gasteiger partial charge in [0.25, 0.3) is 11.8 Å². The van der Waals surface area contributed by atoms with Crippen molar-refractivity contribution < 1.29 is 38.2 Å². The summed E-state index contributed by atoms with van der Waals surface area (Å²) in [7, 11) is 0. The minimum absolute atomic E-state index is 0.120. The van der Waals surface area contributed by atoms with E-state index in [2.05, 4.69) is 5.32 Å². The first-order valence-electron chi connectivity index (χ1n) is 12.4. The van der Waals surface area contributed by atoms with Crippen molar-refractivity contribution in [3.8, 4) is 5.75 Å². The molecule has 10 nitrogen and oxygen atoms in total. The third-order valence-corrected chi connectivity index (χ3v) is 6.34. The van der Waals surface area contributed by atoms with Crippen LogP contribution in [0.3, 0.4) is 0 Å². The molecule has 200 valence electrons. The molecule has 0 aliphatic carbocycles. The van der Waals surface area contributed by atoms with Crippen molar-refractivity contribution >= 4 is 23.8 Å². The summed E-state index contributed by atoms with van der Waals surface area (Å²) in [5.74, 6) is -2.45. The highest BCUT2D eigenvalue weighted by Crippen LogP contribution is 2.37. The first kappa shape index (κ1) is 25.9. The third kappa shape index (κ3) is 5.60. The number of hydrogen-bond acceptors (Lipinski definition) is 8. The van der Waals surface area contributed by atoms with Gasteiger partial charge in [-0.15, -0.1) is 0 Å². The quantitative estimate of drug-likeness (QED) is 0.420. The highest BCUT2D eigenvalue weighted by atomic mass is 16.8. The van der Waals surface area contributed by atoms with Crippen LogP contribution in [0.4, 0.5) is 0 Å². The first-order chi connectivity index (χ1) is 19.0. The average molecular weight is 531 g/mol. The van der Waals surface area contributed by atoms with Crippen LogP contribution in [0.25, 0.3) is 0 Å². The number of benzene rings is 3. The lowest BCUT2D eigenvalue weighted by Gasteiger charge is -2.34. The summed E-state index contributed by atoms with van der Waals surface area (Å²) < 4.78 is 16.8. The van der Waals surface area contributed by atoms with Crippen LogP contribution in [0.1, 0.15) is 30.1 Å². The Labute approximate surface area is 224 Å². The molecule has 2 aliphatic rings. The Balaban J connectivity index is 1.32. The van der Waals surface area contributed by atoms with Crippen molar-refractivity contribution in [1.29, 1.82) is 0 Å². The highest BCUT2D eigenvalue weighted by Gasteiger charge is 2.60. The molecule has 0 saturated carbocycles. The van der Waals surface area contributed by atoms with Crippen molar-refractivity contribution in [3.63, 3.8) is 0 Å². The van der Waals surface area contributed by atoms with Crippen molar-refractivity contribution in [2.75, 3.05) is 13.2 Å². The summed E-state index contributed by atoms with van der Waals surface area (Å²) in [4.78, 5) is 57.2. The second-order valence-electron chi connectivity index (χ2n) is 9.02. The Hall–Kier alpha value is -4.70. The molecule has 0 spiro atoms. The van der Waals surface area contributed by atoms with Gasteiger partial charge in [-0.05, 0) is 23.3 Å². The van der Waals surface area contributed by atoms with Crippen LogP contribution in [-0.2, 0) is 33.5 Å². The summed E-state index contributed by atoms with van der Waals surface area (Å²) in [6, 6.07) is 25.8. The molecule has 0 bridgehead atoms. The highest BCUT2D eigenvalue weighted by molar-refractivity contribution is 5.95. The molecule has 10 heteroatoms. The lowest BCUT2D eigenvalue weighted by molar-refractivity contribution is -0.260. The van der Waals surface area contributed by atoms with Gasteiger partial charge in [-0.2, -0.15) is 5.06 Å². The van der Waals surface area contributed by atoms with Gasteiger partial charge in [0.1, 0.15) is 18.4 Å². The summed E-state index contributed by atoms with van der Waals surface area (Å²) >= 11 is 0. The number of ether oxygens (including phenoxy) is 3. The van der Waals surface area contributed by atoms with Crippen molar-refractivity contribution in [2.24, 2.45) is 0 Å². The van der Waals surface area contributed by atoms with E-state index in [-0.39, 0.29) is 26.1 Å². The van der Waals surface area contributed by atoms with Gasteiger partial charge in [-0.1, -0.05) is 78.9 Å². The fraction of sp³-hybridized carbons (Fsp3) is 0.241. The molecule has 2 aliphatic heterocycles. The van der Waals surface area contributed by atoms with Gasteiger partial charge in [0.15, 0.2) is 12.7 Å². The van der Waals surface area contributed by atoms with E-state index < -0.39 is 41.6 Å². The van der Waals surface area contributed by atoms with Crippen molar-refractivity contribution in [3.05, 3.63) is 102 Å². The van der Waals surface area contributed by atoms with Gasteiger partial charge in [0.05, 0.1) is 6.42 Å². The number of hydrogen-bond donors (Lipinski definition) is 1. The van der Waals surface area contributed by atoms with E-state index >= 15 is 0 Å². The molecular weight excluding hydrogens is 504 g/mol. The Morgan fingerprint density at radius 1 is 0.923 bits per heavy atom. The Kier molecular flexibility index (Phi) is 7.55. The zero-order valence-corrected chi connectivity index (χ0v) is 20.9. The molecule has 3 aromatic rings. The lowest BCUT2D eigenvalue weighted by atomic mass is 10.0. The van der Waals surface area contributed by atoms with Crippen LogP contribution in [0.5, 0.6) is 5.75 Å². The molecule has 2 amide bonds. The molecule has 1 unspecified atom stereocenters. The van der Waals surface area contributed by atoms with Crippen molar-refractivity contribution in [1.82, 2.24) is 10.4 Å². The van der Waals surface area contributed by atoms with Gasteiger partial charge < -0.3 is 19.5 Å². The SMILES string of the molecule is O=C(COc1ccccc1)N[C@H]1CON(C2(C(=O)OC(c3ccccc3)c3ccccc3)CCC(=O)O2)C1=O. The molecular formula is C29H26N2O8. The number of cyclic esters (lactones) is 1. The number of nitrogens with zero attached hydrogens (tertiary/aromatic N) is 1. The maximum atomic E-state index is 13.7. The summed E-state index contributed by atoms with van der Waals surface area (Å²) in [6.45, 7) is -0.588. The van der Waals surface area contributed by atoms with Crippen LogP contribution in [0.15, 0.2) is 91.0 Å². The largest absolute Gasteiger partial charge is 0.484 e. The standard InChI is InChI=1S/C29H26N2O8/c32-24(19-36-22-14-8-3-9-15-22)30-23-18-37-31(27(23)34)29(17-16-25(33)39-29)28(35)38-26(20-10-4-1-5-11-20)21-12-6-2-7-13-21/h1-15,23,26H,16-19H2,(H,30,32)/t23-,29?/m0/s1. The molecule has 2 heterocycles. The van der Waals surface area contributed by atoms with Crippen LogP contribution in [-0.4, -0.2) is 53.8 Å².